The zero-order valence-electron chi connectivity index (χ0n) is 10.7. The third-order valence-electron chi connectivity index (χ3n) is 3.69. The molecule has 0 radical (unpaired) electrons. The molecule has 1 heterocycles. The summed E-state index contributed by atoms with van der Waals surface area (Å²) in [5.74, 6) is 0.143. The van der Waals surface area contributed by atoms with E-state index in [-0.39, 0.29) is 12.4 Å². The number of piperidine rings is 1. The lowest BCUT2D eigenvalue weighted by Crippen LogP contribution is -2.39. The molecule has 1 aliphatic heterocycles. The van der Waals surface area contributed by atoms with Gasteiger partial charge in [-0.15, -0.1) is 0 Å². The van der Waals surface area contributed by atoms with Gasteiger partial charge in [-0.05, 0) is 43.5 Å². The maximum atomic E-state index is 9.41. The number of nitrogens with zero attached hydrogens (tertiary/aromatic N) is 1. The van der Waals surface area contributed by atoms with Gasteiger partial charge in [0.25, 0.3) is 0 Å². The van der Waals surface area contributed by atoms with Gasteiger partial charge in [0.15, 0.2) is 0 Å². The molecule has 4 nitrogen and oxygen atoms in total. The molecule has 4 heteroatoms. The second-order valence-electron chi connectivity index (χ2n) is 5.03. The van der Waals surface area contributed by atoms with Gasteiger partial charge in [0, 0.05) is 19.2 Å². The zero-order chi connectivity index (χ0) is 13.0. The minimum Gasteiger partial charge on any atom is -0.506 e. The van der Waals surface area contributed by atoms with Crippen LogP contribution in [0, 0.1) is 0 Å². The van der Waals surface area contributed by atoms with E-state index in [0.29, 0.717) is 11.7 Å². The van der Waals surface area contributed by atoms with Gasteiger partial charge in [-0.1, -0.05) is 12.5 Å². The van der Waals surface area contributed by atoms with Crippen LogP contribution in [0.25, 0.3) is 0 Å². The van der Waals surface area contributed by atoms with Crippen molar-refractivity contribution in [3.05, 3.63) is 23.8 Å². The number of hydrogen-bond acceptors (Lipinski definition) is 4. The highest BCUT2D eigenvalue weighted by molar-refractivity contribution is 5.53. The van der Waals surface area contributed by atoms with Crippen molar-refractivity contribution in [2.75, 3.05) is 18.9 Å². The number of phenols is 1. The van der Waals surface area contributed by atoms with Crippen LogP contribution >= 0.6 is 0 Å². The summed E-state index contributed by atoms with van der Waals surface area (Å²) in [6.45, 7) is 2.17. The number of nitrogen functional groups attached to an aromatic ring is 1. The molecule has 2 rings (SSSR count). The second kappa shape index (κ2) is 6.07. The number of aliphatic hydroxyl groups excluding tert-OH is 1. The first kappa shape index (κ1) is 13.2. The van der Waals surface area contributed by atoms with Gasteiger partial charge < -0.3 is 15.9 Å². The van der Waals surface area contributed by atoms with E-state index in [9.17, 15) is 5.11 Å². The molecule has 0 saturated carbocycles. The van der Waals surface area contributed by atoms with Gasteiger partial charge in [0.1, 0.15) is 5.75 Å². The SMILES string of the molecule is Nc1cc(CN2CCCCC2CCO)ccc1O. The average Bonchev–Trinajstić information content (AvgIpc) is 2.37. The summed E-state index contributed by atoms with van der Waals surface area (Å²) in [5, 5.41) is 18.5. The minimum absolute atomic E-state index is 0.143. The molecule has 0 amide bonds. The number of rotatable bonds is 4. The Hall–Kier alpha value is -1.26. The van der Waals surface area contributed by atoms with Crippen molar-refractivity contribution in [3.8, 4) is 5.75 Å². The van der Waals surface area contributed by atoms with Crippen molar-refractivity contribution >= 4 is 5.69 Å². The Morgan fingerprint density at radius 2 is 2.17 bits per heavy atom. The molecule has 1 aliphatic rings. The number of hydrogen-bond donors (Lipinski definition) is 3. The van der Waals surface area contributed by atoms with E-state index in [1.165, 1.54) is 12.8 Å². The molecule has 0 spiro atoms. The first-order chi connectivity index (χ1) is 8.70. The van der Waals surface area contributed by atoms with Crippen LogP contribution in [0.15, 0.2) is 18.2 Å². The summed E-state index contributed by atoms with van der Waals surface area (Å²) in [7, 11) is 0. The van der Waals surface area contributed by atoms with E-state index in [2.05, 4.69) is 4.90 Å². The fourth-order valence-electron chi connectivity index (χ4n) is 2.68. The van der Waals surface area contributed by atoms with Crippen LogP contribution in [0.5, 0.6) is 5.75 Å². The average molecular weight is 250 g/mol. The van der Waals surface area contributed by atoms with E-state index < -0.39 is 0 Å². The van der Waals surface area contributed by atoms with Gasteiger partial charge in [0.05, 0.1) is 5.69 Å². The lowest BCUT2D eigenvalue weighted by Gasteiger charge is -2.35. The molecule has 1 aromatic carbocycles. The summed E-state index contributed by atoms with van der Waals surface area (Å²) in [6, 6.07) is 5.87. The van der Waals surface area contributed by atoms with E-state index in [1.54, 1.807) is 6.07 Å². The summed E-state index contributed by atoms with van der Waals surface area (Å²) >= 11 is 0. The third kappa shape index (κ3) is 3.15. The van der Waals surface area contributed by atoms with Crippen LogP contribution in [0.1, 0.15) is 31.2 Å². The summed E-state index contributed by atoms with van der Waals surface area (Å²) in [5.41, 5.74) is 7.26. The van der Waals surface area contributed by atoms with Crippen LogP contribution in [-0.2, 0) is 6.54 Å². The molecule has 1 atom stereocenters. The zero-order valence-corrected chi connectivity index (χ0v) is 10.7. The van der Waals surface area contributed by atoms with Crippen LogP contribution in [0.4, 0.5) is 5.69 Å². The lowest BCUT2D eigenvalue weighted by molar-refractivity contribution is 0.112. The fourth-order valence-corrected chi connectivity index (χ4v) is 2.68. The molecule has 4 N–H and O–H groups in total. The monoisotopic (exact) mass is 250 g/mol. The van der Waals surface area contributed by atoms with Crippen LogP contribution in [0.2, 0.25) is 0 Å². The molecule has 100 valence electrons. The third-order valence-corrected chi connectivity index (χ3v) is 3.69. The number of nitrogens with two attached hydrogens (primary N) is 1. The smallest absolute Gasteiger partial charge is 0.138 e. The van der Waals surface area contributed by atoms with Crippen molar-refractivity contribution in [2.24, 2.45) is 0 Å². The Labute approximate surface area is 108 Å². The maximum Gasteiger partial charge on any atom is 0.138 e. The van der Waals surface area contributed by atoms with Crippen LogP contribution in [-0.4, -0.2) is 34.3 Å². The van der Waals surface area contributed by atoms with Gasteiger partial charge in [-0.25, -0.2) is 0 Å². The van der Waals surface area contributed by atoms with E-state index in [4.69, 9.17) is 10.8 Å². The molecule has 1 saturated heterocycles. The molecule has 0 aromatic heterocycles. The highest BCUT2D eigenvalue weighted by atomic mass is 16.3. The molecule has 0 aliphatic carbocycles. The number of phenolic OH excluding ortho intramolecular Hbond substituents is 1. The first-order valence-electron chi connectivity index (χ1n) is 6.63. The number of benzene rings is 1. The topological polar surface area (TPSA) is 69.7 Å². The minimum atomic E-state index is 0.143. The highest BCUT2D eigenvalue weighted by Gasteiger charge is 2.21. The lowest BCUT2D eigenvalue weighted by atomic mass is 9.98. The molecule has 18 heavy (non-hydrogen) atoms. The van der Waals surface area contributed by atoms with Crippen LogP contribution in [0.3, 0.4) is 0 Å². The molecule has 1 unspecified atom stereocenters. The van der Waals surface area contributed by atoms with Crippen LogP contribution < -0.4 is 5.73 Å². The molecular formula is C14H22N2O2. The summed E-state index contributed by atoms with van der Waals surface area (Å²) < 4.78 is 0. The normalized spacial score (nSPS) is 21.1. The largest absolute Gasteiger partial charge is 0.506 e. The predicted molar refractivity (Wildman–Crippen MR) is 72.3 cm³/mol. The quantitative estimate of drug-likeness (QED) is 0.562. The van der Waals surface area contributed by atoms with E-state index in [1.807, 2.05) is 12.1 Å². The van der Waals surface area contributed by atoms with Crippen molar-refractivity contribution in [1.82, 2.24) is 4.90 Å². The van der Waals surface area contributed by atoms with Crippen molar-refractivity contribution < 1.29 is 10.2 Å². The van der Waals surface area contributed by atoms with Crippen molar-refractivity contribution in [3.63, 3.8) is 0 Å². The molecule has 1 aromatic rings. The first-order valence-corrected chi connectivity index (χ1v) is 6.63. The molecule has 0 bridgehead atoms. The summed E-state index contributed by atoms with van der Waals surface area (Å²) in [4.78, 5) is 2.41. The fraction of sp³-hybridized carbons (Fsp3) is 0.571. The maximum absolute atomic E-state index is 9.41. The Morgan fingerprint density at radius 1 is 1.33 bits per heavy atom. The molecular weight excluding hydrogens is 228 g/mol. The number of likely N-dealkylation sites (tertiary alicyclic amines) is 1. The second-order valence-corrected chi connectivity index (χ2v) is 5.03. The van der Waals surface area contributed by atoms with Gasteiger partial charge in [-0.2, -0.15) is 0 Å². The van der Waals surface area contributed by atoms with Crippen molar-refractivity contribution in [2.45, 2.75) is 38.3 Å². The van der Waals surface area contributed by atoms with E-state index in [0.717, 1.165) is 31.5 Å². The highest BCUT2D eigenvalue weighted by Crippen LogP contribution is 2.25. The Balaban J connectivity index is 2.03. The standard InChI is InChI=1S/C14H22N2O2/c15-13-9-11(4-5-14(13)18)10-16-7-2-1-3-12(16)6-8-17/h4-5,9,12,17-18H,1-3,6-8,10,15H2. The number of aliphatic hydroxyl groups is 1. The molecule has 1 fully saturated rings. The van der Waals surface area contributed by atoms with Gasteiger partial charge in [0.2, 0.25) is 0 Å². The Morgan fingerprint density at radius 3 is 2.89 bits per heavy atom. The van der Waals surface area contributed by atoms with E-state index >= 15 is 0 Å². The van der Waals surface area contributed by atoms with Gasteiger partial charge >= 0.3 is 0 Å². The number of anilines is 1. The summed E-state index contributed by atoms with van der Waals surface area (Å²) in [6.07, 6.45) is 4.47. The predicted octanol–water partition coefficient (Wildman–Crippen LogP) is 1.71. The Kier molecular flexibility index (Phi) is 4.44. The Bertz CT molecular complexity index is 393. The van der Waals surface area contributed by atoms with Crippen molar-refractivity contribution in [1.29, 1.82) is 0 Å². The van der Waals surface area contributed by atoms with Gasteiger partial charge in [-0.3, -0.25) is 4.90 Å². The number of aromatic hydroxyl groups is 1.